The van der Waals surface area contributed by atoms with E-state index in [4.69, 9.17) is 4.74 Å². The summed E-state index contributed by atoms with van der Waals surface area (Å²) in [5.74, 6) is 0.938. The van der Waals surface area contributed by atoms with Crippen LogP contribution in [0, 0.1) is 5.92 Å². The molecule has 0 spiro atoms. The van der Waals surface area contributed by atoms with Crippen LogP contribution in [0.2, 0.25) is 0 Å². The topological polar surface area (TPSA) is 61.9 Å². The molecule has 2 saturated heterocycles. The van der Waals surface area contributed by atoms with E-state index >= 15 is 0 Å². The highest BCUT2D eigenvalue weighted by Gasteiger charge is 2.48. The number of fused-ring (bicyclic) bond motifs is 4. The highest BCUT2D eigenvalue weighted by Crippen LogP contribution is 2.44. The maximum absolute atomic E-state index is 13.5. The van der Waals surface area contributed by atoms with Crippen molar-refractivity contribution in [3.8, 4) is 5.75 Å². The summed E-state index contributed by atoms with van der Waals surface area (Å²) in [6.07, 6.45) is 4.22. The van der Waals surface area contributed by atoms with Gasteiger partial charge in [0.25, 0.3) is 0 Å². The second-order valence-corrected chi connectivity index (χ2v) is 9.07. The van der Waals surface area contributed by atoms with E-state index in [1.54, 1.807) is 7.11 Å². The molecule has 0 saturated carbocycles. The van der Waals surface area contributed by atoms with Crippen molar-refractivity contribution in [1.82, 2.24) is 15.1 Å². The van der Waals surface area contributed by atoms with Crippen LogP contribution in [-0.2, 0) is 17.6 Å². The van der Waals surface area contributed by atoms with Crippen LogP contribution in [0.25, 0.3) is 0 Å². The summed E-state index contributed by atoms with van der Waals surface area (Å²) >= 11 is 0. The fraction of sp³-hybridized carbons (Fsp3) is 0.462. The van der Waals surface area contributed by atoms with Gasteiger partial charge in [-0.25, -0.2) is 4.79 Å². The van der Waals surface area contributed by atoms with Crippen LogP contribution in [0.5, 0.6) is 5.75 Å². The lowest BCUT2D eigenvalue weighted by molar-refractivity contribution is -0.148. The van der Waals surface area contributed by atoms with Crippen molar-refractivity contribution in [2.75, 3.05) is 26.7 Å². The lowest BCUT2D eigenvalue weighted by Gasteiger charge is -2.51. The number of hydrogen-bond donors (Lipinski definition) is 1. The van der Waals surface area contributed by atoms with Gasteiger partial charge in [-0.15, -0.1) is 0 Å². The van der Waals surface area contributed by atoms with Gasteiger partial charge in [0.2, 0.25) is 5.91 Å². The number of piperidine rings is 2. The third kappa shape index (κ3) is 3.83. The zero-order valence-electron chi connectivity index (χ0n) is 18.6. The third-order valence-corrected chi connectivity index (χ3v) is 7.35. The average Bonchev–Trinajstić information content (AvgIpc) is 2.84. The predicted octanol–water partition coefficient (Wildman–Crippen LogP) is 3.56. The van der Waals surface area contributed by atoms with Crippen LogP contribution in [0.3, 0.4) is 0 Å². The van der Waals surface area contributed by atoms with E-state index in [-0.39, 0.29) is 29.9 Å². The zero-order valence-corrected chi connectivity index (χ0v) is 18.6. The molecule has 3 aliphatic heterocycles. The van der Waals surface area contributed by atoms with Crippen molar-refractivity contribution in [1.29, 1.82) is 0 Å². The van der Waals surface area contributed by atoms with E-state index in [9.17, 15) is 9.59 Å². The average molecular weight is 434 g/mol. The SMILES string of the molecule is COc1ccc2c(c1)[C@@H]1C[C@@H]3[C@@H](CCCN3C(=O)NCCc3ccccc3)C(=O)N1CC2. The minimum atomic E-state index is -0.0907. The van der Waals surface area contributed by atoms with Crippen molar-refractivity contribution in [3.05, 3.63) is 65.2 Å². The second-order valence-electron chi connectivity index (χ2n) is 9.07. The molecule has 2 aromatic carbocycles. The number of hydrogen-bond acceptors (Lipinski definition) is 3. The molecule has 0 radical (unpaired) electrons. The minimum Gasteiger partial charge on any atom is -0.497 e. The highest BCUT2D eigenvalue weighted by atomic mass is 16.5. The van der Waals surface area contributed by atoms with Crippen LogP contribution in [-0.4, -0.2) is 54.5 Å². The quantitative estimate of drug-likeness (QED) is 0.802. The zero-order chi connectivity index (χ0) is 22.1. The monoisotopic (exact) mass is 433 g/mol. The van der Waals surface area contributed by atoms with Crippen LogP contribution in [0.1, 0.15) is 42.0 Å². The maximum atomic E-state index is 13.5. The molecule has 1 N–H and O–H groups in total. The number of amides is 3. The van der Waals surface area contributed by atoms with E-state index in [1.165, 1.54) is 16.7 Å². The Balaban J connectivity index is 1.33. The van der Waals surface area contributed by atoms with E-state index in [1.807, 2.05) is 29.2 Å². The number of carbonyl (C=O) groups excluding carboxylic acids is 2. The first-order chi connectivity index (χ1) is 15.7. The van der Waals surface area contributed by atoms with Gasteiger partial charge in [-0.05, 0) is 60.9 Å². The number of urea groups is 1. The molecule has 0 bridgehead atoms. The number of rotatable bonds is 4. The summed E-state index contributed by atoms with van der Waals surface area (Å²) < 4.78 is 5.46. The third-order valence-electron chi connectivity index (χ3n) is 7.35. The smallest absolute Gasteiger partial charge is 0.317 e. The van der Waals surface area contributed by atoms with Gasteiger partial charge in [-0.2, -0.15) is 0 Å². The van der Waals surface area contributed by atoms with Gasteiger partial charge in [0.05, 0.1) is 19.1 Å². The first kappa shape index (κ1) is 20.9. The Morgan fingerprint density at radius 3 is 2.81 bits per heavy atom. The summed E-state index contributed by atoms with van der Waals surface area (Å²) in [6, 6.07) is 16.3. The van der Waals surface area contributed by atoms with Crippen molar-refractivity contribution in [2.24, 2.45) is 5.92 Å². The van der Waals surface area contributed by atoms with Crippen LogP contribution in [0.4, 0.5) is 4.79 Å². The molecule has 3 aliphatic rings. The molecule has 5 rings (SSSR count). The molecular formula is C26H31N3O3. The summed E-state index contributed by atoms with van der Waals surface area (Å²) in [6.45, 7) is 2.07. The fourth-order valence-corrected chi connectivity index (χ4v) is 5.71. The molecule has 3 amide bonds. The molecule has 0 aliphatic carbocycles. The van der Waals surface area contributed by atoms with Crippen LogP contribution < -0.4 is 10.1 Å². The number of benzene rings is 2. The Labute approximate surface area is 189 Å². The standard InChI is InChI=1S/C26H31N3O3/c1-32-20-10-9-19-12-15-28-24(22(19)16-20)17-23-21(25(28)30)8-5-14-29(23)26(31)27-13-11-18-6-3-2-4-7-18/h2-4,6-7,9-10,16,21,23-24H,5,8,11-15,17H2,1H3,(H,27,31)/t21-,23-,24+/m1/s1. The highest BCUT2D eigenvalue weighted by molar-refractivity contribution is 5.83. The summed E-state index contributed by atoms with van der Waals surface area (Å²) in [7, 11) is 1.67. The lowest BCUT2D eigenvalue weighted by atomic mass is 9.76. The Morgan fingerprint density at radius 2 is 2.00 bits per heavy atom. The number of ether oxygens (including phenoxy) is 1. The van der Waals surface area contributed by atoms with Crippen LogP contribution >= 0.6 is 0 Å². The molecule has 2 aromatic rings. The summed E-state index contributed by atoms with van der Waals surface area (Å²) in [4.78, 5) is 30.6. The van der Waals surface area contributed by atoms with Crippen molar-refractivity contribution in [3.63, 3.8) is 0 Å². The first-order valence-electron chi connectivity index (χ1n) is 11.7. The Kier molecular flexibility index (Phi) is 5.77. The van der Waals surface area contributed by atoms with Gasteiger partial charge >= 0.3 is 6.03 Å². The molecule has 168 valence electrons. The molecule has 3 heterocycles. The van der Waals surface area contributed by atoms with E-state index in [2.05, 4.69) is 34.5 Å². The molecule has 6 nitrogen and oxygen atoms in total. The largest absolute Gasteiger partial charge is 0.497 e. The summed E-state index contributed by atoms with van der Waals surface area (Å²) in [5.41, 5.74) is 3.67. The number of nitrogens with zero attached hydrogens (tertiary/aromatic N) is 2. The Hall–Kier alpha value is -3.02. The number of methoxy groups -OCH3 is 1. The van der Waals surface area contributed by atoms with Gasteiger partial charge < -0.3 is 19.9 Å². The fourth-order valence-electron chi connectivity index (χ4n) is 5.71. The molecule has 32 heavy (non-hydrogen) atoms. The van der Waals surface area contributed by atoms with Crippen molar-refractivity contribution >= 4 is 11.9 Å². The van der Waals surface area contributed by atoms with E-state index in [0.29, 0.717) is 13.1 Å². The van der Waals surface area contributed by atoms with Gasteiger partial charge in [0, 0.05) is 25.7 Å². The first-order valence-corrected chi connectivity index (χ1v) is 11.7. The van der Waals surface area contributed by atoms with Crippen LogP contribution in [0.15, 0.2) is 48.5 Å². The Bertz CT molecular complexity index is 993. The van der Waals surface area contributed by atoms with E-state index < -0.39 is 0 Å². The lowest BCUT2D eigenvalue weighted by Crippen LogP contribution is -2.61. The molecule has 3 atom stereocenters. The normalized spacial score (nSPS) is 24.3. The van der Waals surface area contributed by atoms with Gasteiger partial charge in [0.1, 0.15) is 5.75 Å². The molecule has 2 fully saturated rings. The van der Waals surface area contributed by atoms with Gasteiger partial charge in [-0.3, -0.25) is 4.79 Å². The van der Waals surface area contributed by atoms with E-state index in [0.717, 1.165) is 44.4 Å². The maximum Gasteiger partial charge on any atom is 0.317 e. The minimum absolute atomic E-state index is 0.0142. The number of likely N-dealkylation sites (tertiary alicyclic amines) is 1. The molecule has 0 unspecified atom stereocenters. The molecular weight excluding hydrogens is 402 g/mol. The molecule has 6 heteroatoms. The van der Waals surface area contributed by atoms with Crippen molar-refractivity contribution in [2.45, 2.75) is 44.2 Å². The van der Waals surface area contributed by atoms with Gasteiger partial charge in [-0.1, -0.05) is 36.4 Å². The predicted molar refractivity (Wildman–Crippen MR) is 123 cm³/mol. The molecule has 0 aromatic heterocycles. The second kappa shape index (κ2) is 8.85. The van der Waals surface area contributed by atoms with Gasteiger partial charge in [0.15, 0.2) is 0 Å². The Morgan fingerprint density at radius 1 is 1.16 bits per heavy atom. The van der Waals surface area contributed by atoms with Crippen molar-refractivity contribution < 1.29 is 14.3 Å². The summed E-state index contributed by atoms with van der Waals surface area (Å²) in [5, 5.41) is 3.10. The number of carbonyl (C=O) groups is 2. The number of nitrogens with one attached hydrogen (secondary N) is 1.